The van der Waals surface area contributed by atoms with Crippen molar-refractivity contribution >= 4 is 25.8 Å². The molecule has 0 aromatic rings. The number of amides is 1. The van der Waals surface area contributed by atoms with Crippen molar-refractivity contribution < 1.29 is 18.3 Å². The summed E-state index contributed by atoms with van der Waals surface area (Å²) in [6.07, 6.45) is -0.400. The Morgan fingerprint density at radius 3 is 2.50 bits per heavy atom. The largest absolute Gasteiger partial charge is 0.465 e. The zero-order chi connectivity index (χ0) is 9.35. The topological polar surface area (TPSA) is 74.7 Å². The van der Waals surface area contributed by atoms with Crippen molar-refractivity contribution in [2.45, 2.75) is 18.2 Å². The number of nitrogens with zero attached hydrogens (tertiary/aromatic N) is 1. The van der Waals surface area contributed by atoms with Crippen LogP contribution in [0.15, 0.2) is 0 Å². The normalized spacial score (nSPS) is 24.4. The van der Waals surface area contributed by atoms with E-state index in [0.717, 1.165) is 4.90 Å². The number of carboxylic acid groups (broad SMARTS) is 1. The molecule has 0 aromatic carbocycles. The van der Waals surface area contributed by atoms with Gasteiger partial charge in [0.1, 0.15) is 0 Å². The third kappa shape index (κ3) is 1.81. The minimum Gasteiger partial charge on any atom is -0.465 e. The van der Waals surface area contributed by atoms with Gasteiger partial charge in [0.25, 0.3) is 9.05 Å². The Balaban J connectivity index is 2.85. The van der Waals surface area contributed by atoms with Crippen LogP contribution in [0.2, 0.25) is 0 Å². The highest BCUT2D eigenvalue weighted by Crippen LogP contribution is 2.24. The molecule has 1 saturated heterocycles. The molecule has 0 radical (unpaired) electrons. The highest BCUT2D eigenvalue weighted by molar-refractivity contribution is 8.14. The maximum atomic E-state index is 10.8. The number of carbonyl (C=O) groups is 1. The second-order valence-corrected chi connectivity index (χ2v) is 5.33. The van der Waals surface area contributed by atoms with Crippen LogP contribution in [0.4, 0.5) is 4.79 Å². The van der Waals surface area contributed by atoms with Crippen LogP contribution in [0.1, 0.15) is 12.8 Å². The van der Waals surface area contributed by atoms with Crippen molar-refractivity contribution in [3.8, 4) is 0 Å². The van der Waals surface area contributed by atoms with E-state index < -0.39 is 20.5 Å². The van der Waals surface area contributed by atoms with Gasteiger partial charge in [0.2, 0.25) is 0 Å². The molecule has 1 atom stereocenters. The monoisotopic (exact) mass is 213 g/mol. The third-order valence-corrected chi connectivity index (χ3v) is 3.53. The van der Waals surface area contributed by atoms with Gasteiger partial charge in [0, 0.05) is 17.2 Å². The molecule has 0 unspecified atom stereocenters. The van der Waals surface area contributed by atoms with Gasteiger partial charge >= 0.3 is 6.09 Å². The first-order valence-electron chi connectivity index (χ1n) is 3.36. The predicted molar refractivity (Wildman–Crippen MR) is 42.5 cm³/mol. The van der Waals surface area contributed by atoms with Crippen molar-refractivity contribution in [3.05, 3.63) is 0 Å². The lowest BCUT2D eigenvalue weighted by molar-refractivity contribution is 0.151. The maximum Gasteiger partial charge on any atom is 0.408 e. The van der Waals surface area contributed by atoms with Gasteiger partial charge < -0.3 is 5.11 Å². The highest BCUT2D eigenvalue weighted by Gasteiger charge is 2.37. The second-order valence-electron chi connectivity index (χ2n) is 2.55. The molecule has 1 heterocycles. The van der Waals surface area contributed by atoms with E-state index in [9.17, 15) is 13.2 Å². The average molecular weight is 214 g/mol. The molecule has 0 aromatic heterocycles. The van der Waals surface area contributed by atoms with Crippen LogP contribution < -0.4 is 0 Å². The number of halogens is 1. The molecule has 1 amide bonds. The average Bonchev–Trinajstić information content (AvgIpc) is 2.30. The Bertz CT molecular complexity index is 288. The minimum atomic E-state index is -3.78. The van der Waals surface area contributed by atoms with E-state index in [0.29, 0.717) is 6.42 Å². The lowest BCUT2D eigenvalue weighted by Crippen LogP contribution is -2.37. The fourth-order valence-corrected chi connectivity index (χ4v) is 2.75. The Morgan fingerprint density at radius 2 is 2.17 bits per heavy atom. The van der Waals surface area contributed by atoms with Crippen LogP contribution in [0.3, 0.4) is 0 Å². The molecule has 0 saturated carbocycles. The second kappa shape index (κ2) is 3.10. The summed E-state index contributed by atoms with van der Waals surface area (Å²) in [5.74, 6) is 0. The summed E-state index contributed by atoms with van der Waals surface area (Å²) < 4.78 is 21.6. The molecule has 1 aliphatic heterocycles. The van der Waals surface area contributed by atoms with Gasteiger partial charge in [-0.15, -0.1) is 0 Å². The molecule has 0 spiro atoms. The quantitative estimate of drug-likeness (QED) is 0.650. The smallest absolute Gasteiger partial charge is 0.408 e. The van der Waals surface area contributed by atoms with Crippen LogP contribution in [-0.2, 0) is 9.05 Å². The number of likely N-dealkylation sites (tertiary alicyclic amines) is 1. The number of hydrogen-bond acceptors (Lipinski definition) is 3. The van der Waals surface area contributed by atoms with Crippen molar-refractivity contribution in [2.75, 3.05) is 6.54 Å². The molecular formula is C5H8ClNO4S. The molecule has 12 heavy (non-hydrogen) atoms. The summed E-state index contributed by atoms with van der Waals surface area (Å²) in [6.45, 7) is 0.242. The Morgan fingerprint density at radius 1 is 1.58 bits per heavy atom. The lowest BCUT2D eigenvalue weighted by atomic mass is 10.4. The minimum absolute atomic E-state index is 0.242. The van der Waals surface area contributed by atoms with Gasteiger partial charge in [-0.05, 0) is 12.8 Å². The molecule has 7 heteroatoms. The van der Waals surface area contributed by atoms with Crippen LogP contribution in [-0.4, -0.2) is 36.4 Å². The Kier molecular flexibility index (Phi) is 2.48. The summed E-state index contributed by atoms with van der Waals surface area (Å²) in [5.41, 5.74) is 0. The van der Waals surface area contributed by atoms with Gasteiger partial charge in [-0.25, -0.2) is 13.2 Å². The highest BCUT2D eigenvalue weighted by atomic mass is 35.7. The first-order valence-corrected chi connectivity index (χ1v) is 5.73. The summed E-state index contributed by atoms with van der Waals surface area (Å²) >= 11 is 0. The van der Waals surface area contributed by atoms with E-state index in [4.69, 9.17) is 15.8 Å². The van der Waals surface area contributed by atoms with E-state index in [1.165, 1.54) is 0 Å². The third-order valence-electron chi connectivity index (χ3n) is 1.77. The van der Waals surface area contributed by atoms with E-state index in [1.807, 2.05) is 0 Å². The Labute approximate surface area is 74.3 Å². The van der Waals surface area contributed by atoms with Gasteiger partial charge in [-0.3, -0.25) is 4.90 Å². The predicted octanol–water partition coefficient (Wildman–Crippen LogP) is 0.655. The molecule has 1 aliphatic rings. The van der Waals surface area contributed by atoms with Crippen LogP contribution in [0, 0.1) is 0 Å². The van der Waals surface area contributed by atoms with E-state index in [1.54, 1.807) is 0 Å². The number of rotatable bonds is 1. The van der Waals surface area contributed by atoms with Crippen LogP contribution >= 0.6 is 10.7 Å². The molecule has 1 N–H and O–H groups in total. The van der Waals surface area contributed by atoms with Crippen molar-refractivity contribution in [1.29, 1.82) is 0 Å². The molecule has 0 bridgehead atoms. The van der Waals surface area contributed by atoms with Crippen LogP contribution in [0.5, 0.6) is 0 Å². The van der Waals surface area contributed by atoms with Gasteiger partial charge in [-0.1, -0.05) is 0 Å². The van der Waals surface area contributed by atoms with Crippen molar-refractivity contribution in [2.24, 2.45) is 0 Å². The van der Waals surface area contributed by atoms with Crippen molar-refractivity contribution in [3.63, 3.8) is 0 Å². The summed E-state index contributed by atoms with van der Waals surface area (Å²) in [7, 11) is 1.27. The zero-order valence-electron chi connectivity index (χ0n) is 6.10. The Hall–Kier alpha value is -0.490. The van der Waals surface area contributed by atoms with Crippen molar-refractivity contribution in [1.82, 2.24) is 4.90 Å². The van der Waals surface area contributed by atoms with E-state index in [2.05, 4.69) is 0 Å². The number of hydrogen-bond donors (Lipinski definition) is 1. The molecule has 70 valence electrons. The van der Waals surface area contributed by atoms with Gasteiger partial charge in [-0.2, -0.15) is 0 Å². The first-order chi connectivity index (χ1) is 5.43. The van der Waals surface area contributed by atoms with E-state index >= 15 is 0 Å². The first kappa shape index (κ1) is 9.60. The maximum absolute atomic E-state index is 10.8. The molecule has 5 nitrogen and oxygen atoms in total. The zero-order valence-corrected chi connectivity index (χ0v) is 7.68. The fourth-order valence-electron chi connectivity index (χ4n) is 1.25. The fraction of sp³-hybridized carbons (Fsp3) is 0.800. The summed E-state index contributed by atoms with van der Waals surface area (Å²) in [5, 5.41) is 7.49. The van der Waals surface area contributed by atoms with Crippen LogP contribution in [0.25, 0.3) is 0 Å². The molecular weight excluding hydrogens is 206 g/mol. The van der Waals surface area contributed by atoms with E-state index in [-0.39, 0.29) is 13.0 Å². The summed E-state index contributed by atoms with van der Waals surface area (Å²) in [6, 6.07) is 0. The summed E-state index contributed by atoms with van der Waals surface area (Å²) in [4.78, 5) is 11.3. The molecule has 1 rings (SSSR count). The van der Waals surface area contributed by atoms with Gasteiger partial charge in [0.15, 0.2) is 5.37 Å². The molecule has 1 fully saturated rings. The molecule has 0 aliphatic carbocycles. The SMILES string of the molecule is O=C(O)N1CCC[C@@H]1S(=O)(=O)Cl. The lowest BCUT2D eigenvalue weighted by Gasteiger charge is -2.17. The van der Waals surface area contributed by atoms with Gasteiger partial charge in [0.05, 0.1) is 0 Å². The standard InChI is InChI=1S/C5H8ClNO4S/c6-12(10,11)4-2-1-3-7(4)5(8)9/h4H,1-3H2,(H,8,9)/t4-/m0/s1.